The Kier molecular flexibility index (Phi) is 10.2. The molecule has 2 heterocycles. The minimum Gasteiger partial charge on any atom is -0.843 e. The fraction of sp³-hybridized carbons (Fsp3) is 0.562. The molecule has 1 aliphatic heterocycles. The van der Waals surface area contributed by atoms with E-state index in [0.29, 0.717) is 0 Å². The van der Waals surface area contributed by atoms with Gasteiger partial charge in [0.1, 0.15) is 30.0 Å². The number of pyridine rings is 1. The van der Waals surface area contributed by atoms with Crippen molar-refractivity contribution in [1.29, 1.82) is 0 Å². The number of aromatic nitrogens is 1. The molecule has 198 valence electrons. The number of aldehydes is 1. The first-order valence-corrected chi connectivity index (χ1v) is 12.6. The van der Waals surface area contributed by atoms with E-state index in [1.165, 1.54) is 29.1 Å². The molecular formula is C16H24N2O15P2. The molecule has 8 atom stereocenters. The molecule has 0 aliphatic carbocycles. The fourth-order valence-electron chi connectivity index (χ4n) is 2.98. The Morgan fingerprint density at radius 2 is 1.97 bits per heavy atom. The third kappa shape index (κ3) is 8.44. The zero-order valence-electron chi connectivity index (χ0n) is 17.6. The molecule has 0 aromatic carbocycles. The van der Waals surface area contributed by atoms with Crippen LogP contribution in [0.4, 0.5) is 0 Å². The number of hydrogen-bond acceptors (Lipinski definition) is 12. The summed E-state index contributed by atoms with van der Waals surface area (Å²) in [5, 5.41) is 42.4. The van der Waals surface area contributed by atoms with Crippen LogP contribution in [0, 0.1) is 0 Å². The van der Waals surface area contributed by atoms with Crippen LogP contribution in [0.5, 0.6) is 0 Å². The number of aliphatic hydroxyl groups excluding tert-OH is 3. The molecule has 8 N–H and O–H groups in total. The second kappa shape index (κ2) is 12.0. The Morgan fingerprint density at radius 1 is 1.31 bits per heavy atom. The Bertz CT molecular complexity index is 989. The van der Waals surface area contributed by atoms with Crippen molar-refractivity contribution in [1.82, 2.24) is 0 Å². The summed E-state index contributed by atoms with van der Waals surface area (Å²) >= 11 is 0. The molecular weight excluding hydrogens is 522 g/mol. The molecule has 0 spiro atoms. The quantitative estimate of drug-likeness (QED) is 0.0698. The van der Waals surface area contributed by atoms with Crippen molar-refractivity contribution in [2.45, 2.75) is 42.9 Å². The molecule has 1 saturated heterocycles. The molecule has 1 unspecified atom stereocenters. The average Bonchev–Trinajstić information content (AvgIpc) is 3.05. The molecule has 35 heavy (non-hydrogen) atoms. The number of amides is 1. The third-order valence-corrected chi connectivity index (χ3v) is 6.82. The van der Waals surface area contributed by atoms with Crippen molar-refractivity contribution in [2.24, 2.45) is 5.73 Å². The lowest BCUT2D eigenvalue weighted by Crippen LogP contribution is -2.52. The molecule has 1 fully saturated rings. The summed E-state index contributed by atoms with van der Waals surface area (Å²) < 4.78 is 42.2. The maximum atomic E-state index is 12.5. The van der Waals surface area contributed by atoms with Gasteiger partial charge in [-0.2, -0.15) is 8.88 Å². The minimum absolute atomic E-state index is 0.0478. The predicted molar refractivity (Wildman–Crippen MR) is 106 cm³/mol. The highest BCUT2D eigenvalue weighted by molar-refractivity contribution is 7.60. The predicted octanol–water partition coefficient (Wildman–Crippen LogP) is -4.41. The smallest absolute Gasteiger partial charge is 0.481 e. The number of phosphoric acid groups is 2. The zero-order chi connectivity index (χ0) is 26.6. The maximum Gasteiger partial charge on any atom is 0.481 e. The zero-order valence-corrected chi connectivity index (χ0v) is 19.4. The van der Waals surface area contributed by atoms with Crippen LogP contribution >= 0.6 is 15.6 Å². The lowest BCUT2D eigenvalue weighted by Gasteiger charge is -2.27. The summed E-state index contributed by atoms with van der Waals surface area (Å²) in [5.41, 5.74) is 5.24. The van der Waals surface area contributed by atoms with Crippen molar-refractivity contribution >= 4 is 27.8 Å². The highest BCUT2D eigenvalue weighted by Crippen LogP contribution is 2.57. The van der Waals surface area contributed by atoms with E-state index in [4.69, 9.17) is 25.0 Å². The lowest BCUT2D eigenvalue weighted by atomic mass is 10.1. The van der Waals surface area contributed by atoms with Gasteiger partial charge in [0.25, 0.3) is 12.1 Å². The first-order chi connectivity index (χ1) is 16.1. The van der Waals surface area contributed by atoms with Crippen molar-refractivity contribution < 1.29 is 76.7 Å². The average molecular weight is 546 g/mol. The minimum atomic E-state index is -5.46. The maximum absolute atomic E-state index is 12.5. The number of rotatable bonds is 13. The van der Waals surface area contributed by atoms with Gasteiger partial charge in [0.15, 0.2) is 18.7 Å². The number of carbonyl (C=O) groups is 2. The number of ether oxygens (including phenoxy) is 2. The van der Waals surface area contributed by atoms with Crippen molar-refractivity contribution in [3.05, 3.63) is 30.1 Å². The summed E-state index contributed by atoms with van der Waals surface area (Å²) in [6.45, 7) is -1.82. The molecule has 1 aromatic rings. The van der Waals surface area contributed by atoms with E-state index in [0.717, 1.165) is 0 Å². The second-order valence-electron chi connectivity index (χ2n) is 7.25. The first-order valence-electron chi connectivity index (χ1n) is 9.62. The van der Waals surface area contributed by atoms with Gasteiger partial charge in [-0.25, -0.2) is 9.13 Å². The molecule has 0 bridgehead atoms. The van der Waals surface area contributed by atoms with Crippen LogP contribution in [0.3, 0.4) is 0 Å². The Labute approximate surface area is 197 Å². The van der Waals surface area contributed by atoms with E-state index in [1.807, 2.05) is 0 Å². The molecule has 2 rings (SSSR count). The van der Waals surface area contributed by atoms with Gasteiger partial charge in [0, 0.05) is 6.07 Å². The largest absolute Gasteiger partial charge is 0.843 e. The SMILES string of the molecule is NC(=O)c1ccc[n+]([C@@H]2O[C@H](CO[C@H](COP(=O)(O)OP(=O)(O)O)[C@@H](O)[C@@H](O)C=O)[C@@H](O)[C@H]2[O-])c1. The van der Waals surface area contributed by atoms with Gasteiger partial charge in [-0.15, -0.1) is 0 Å². The van der Waals surface area contributed by atoms with E-state index in [-0.39, 0.29) is 11.8 Å². The Hall–Kier alpha value is -1.69. The number of hydrogen-bond donors (Lipinski definition) is 7. The fourth-order valence-corrected chi connectivity index (χ4v) is 4.58. The first kappa shape index (κ1) is 29.5. The van der Waals surface area contributed by atoms with Crippen LogP contribution in [0.2, 0.25) is 0 Å². The van der Waals surface area contributed by atoms with Gasteiger partial charge in [0.2, 0.25) is 0 Å². The van der Waals surface area contributed by atoms with E-state index in [1.54, 1.807) is 0 Å². The highest BCUT2D eigenvalue weighted by Gasteiger charge is 2.44. The molecule has 1 aliphatic rings. The van der Waals surface area contributed by atoms with Gasteiger partial charge in [-0.3, -0.25) is 9.32 Å². The van der Waals surface area contributed by atoms with E-state index >= 15 is 0 Å². The van der Waals surface area contributed by atoms with Gasteiger partial charge in [-0.1, -0.05) is 0 Å². The van der Waals surface area contributed by atoms with Crippen molar-refractivity contribution in [2.75, 3.05) is 13.2 Å². The summed E-state index contributed by atoms with van der Waals surface area (Å²) in [7, 11) is -10.8. The van der Waals surface area contributed by atoms with Gasteiger partial charge in [0.05, 0.1) is 19.3 Å². The highest BCUT2D eigenvalue weighted by atomic mass is 31.3. The van der Waals surface area contributed by atoms with Crippen molar-refractivity contribution in [3.8, 4) is 0 Å². The molecule has 0 saturated carbocycles. The summed E-state index contributed by atoms with van der Waals surface area (Å²) in [6.07, 6.45) is -9.64. The van der Waals surface area contributed by atoms with Crippen LogP contribution in [-0.2, 0) is 32.2 Å². The van der Waals surface area contributed by atoms with Crippen LogP contribution in [-0.4, -0.2) is 92.0 Å². The Morgan fingerprint density at radius 3 is 2.54 bits per heavy atom. The number of nitrogens with zero attached hydrogens (tertiary/aromatic N) is 1. The summed E-state index contributed by atoms with van der Waals surface area (Å²) in [5.74, 6) is -0.783. The van der Waals surface area contributed by atoms with E-state index in [2.05, 4.69) is 8.83 Å². The van der Waals surface area contributed by atoms with E-state index < -0.39 is 77.6 Å². The van der Waals surface area contributed by atoms with Gasteiger partial charge in [-0.05, 0) is 12.2 Å². The number of carbonyl (C=O) groups excluding carboxylic acids is 2. The van der Waals surface area contributed by atoms with Crippen LogP contribution in [0.25, 0.3) is 0 Å². The Balaban J connectivity index is 2.11. The number of nitrogens with two attached hydrogens (primary N) is 1. The topological polar surface area (TPSA) is 280 Å². The van der Waals surface area contributed by atoms with Gasteiger partial charge >= 0.3 is 15.6 Å². The molecule has 1 amide bonds. The third-order valence-electron chi connectivity index (χ3n) is 4.67. The van der Waals surface area contributed by atoms with Crippen LogP contribution in [0.1, 0.15) is 16.6 Å². The molecule has 1 aromatic heterocycles. The van der Waals surface area contributed by atoms with E-state index in [9.17, 15) is 44.0 Å². The normalized spacial score (nSPS) is 27.1. The molecule has 0 radical (unpaired) electrons. The number of aliphatic hydroxyl groups is 3. The van der Waals surface area contributed by atoms with Crippen LogP contribution in [0.15, 0.2) is 24.5 Å². The molecule has 19 heteroatoms. The monoisotopic (exact) mass is 546 g/mol. The standard InChI is InChI=1S/C16H24N2O15P2/c17-15(24)8-2-1-3-18(4-8)16-14(23)13(22)11(32-16)6-30-10(12(21)9(20)5-19)7-31-35(28,29)33-34(25,26)27/h1-5,9-14,16,20-22H,6-7H2,(H2,17,24)(H,28,29)(H2,25,26,27)/t9-,10+,11+,12-,13+,14+,16+/m0/s1. The summed E-state index contributed by atoms with van der Waals surface area (Å²) in [4.78, 5) is 48.8. The summed E-state index contributed by atoms with van der Waals surface area (Å²) in [6, 6.07) is 2.79. The number of primary amides is 1. The van der Waals surface area contributed by atoms with Gasteiger partial charge < -0.3 is 55.1 Å². The number of phosphoric ester groups is 1. The van der Waals surface area contributed by atoms with Crippen molar-refractivity contribution in [3.63, 3.8) is 0 Å². The lowest BCUT2D eigenvalue weighted by molar-refractivity contribution is -0.782. The molecule has 17 nitrogen and oxygen atoms in total. The second-order valence-corrected chi connectivity index (χ2v) is 10.1. The van der Waals surface area contributed by atoms with Crippen LogP contribution < -0.4 is 15.4 Å².